The molecule has 9 heteroatoms. The first-order valence-corrected chi connectivity index (χ1v) is 21.6. The number of carbonyl (C=O) groups is 4. The summed E-state index contributed by atoms with van der Waals surface area (Å²) in [6.45, 7) is 15.8. The Kier molecular flexibility index (Phi) is 12.3. The third-order valence-corrected chi connectivity index (χ3v) is 17.0. The van der Waals surface area contributed by atoms with Gasteiger partial charge in [0.05, 0.1) is 45.4 Å². The van der Waals surface area contributed by atoms with Crippen molar-refractivity contribution in [3.05, 3.63) is 41.5 Å². The smallest absolute Gasteiger partial charge is 0.337 e. The summed E-state index contributed by atoms with van der Waals surface area (Å²) in [6, 6.07) is 8.00. The molecule has 4 fully saturated rings. The average molecular weight is 775 g/mol. The molecule has 0 aliphatic heterocycles. The van der Waals surface area contributed by atoms with Crippen molar-refractivity contribution in [2.75, 3.05) is 47.5 Å². The van der Waals surface area contributed by atoms with Gasteiger partial charge in [-0.05, 0) is 132 Å². The minimum atomic E-state index is -0.424. The van der Waals surface area contributed by atoms with Crippen LogP contribution in [0.3, 0.4) is 0 Å². The van der Waals surface area contributed by atoms with Crippen LogP contribution in [0.4, 0.5) is 0 Å². The molecule has 6 rings (SSSR count). The lowest BCUT2D eigenvalue weighted by molar-refractivity contribution is -0.226. The number of nitrogens with one attached hydrogen (secondary N) is 1. The molecule has 0 bridgehead atoms. The summed E-state index contributed by atoms with van der Waals surface area (Å²) in [5, 5.41) is 3.35. The van der Waals surface area contributed by atoms with E-state index in [-0.39, 0.29) is 52.0 Å². The molecule has 1 aromatic carbocycles. The van der Waals surface area contributed by atoms with Crippen LogP contribution in [-0.4, -0.2) is 76.2 Å². The van der Waals surface area contributed by atoms with Gasteiger partial charge in [0.2, 0.25) is 5.91 Å². The van der Waals surface area contributed by atoms with Gasteiger partial charge >= 0.3 is 17.9 Å². The molecule has 9 nitrogen and oxygen atoms in total. The van der Waals surface area contributed by atoms with Crippen LogP contribution in [0.25, 0.3) is 5.57 Å². The Bertz CT molecular complexity index is 1650. The van der Waals surface area contributed by atoms with Crippen LogP contribution in [0.15, 0.2) is 30.3 Å². The summed E-state index contributed by atoms with van der Waals surface area (Å²) in [5.41, 5.74) is 3.28. The molecule has 9 unspecified atom stereocenters. The Morgan fingerprint density at radius 1 is 0.786 bits per heavy atom. The SMILES string of the molecule is CCCCC1CCC2(C(=O)NCCN(CC(=O)OC)CC(=O)OC)CCC3(C)C(CCC4C5(C)CC=C(c6ccc(C(=O)OC)cc6)C(C)(C)C5CCC43C)C12. The van der Waals surface area contributed by atoms with Gasteiger partial charge in [0, 0.05) is 13.1 Å². The van der Waals surface area contributed by atoms with Crippen LogP contribution in [0, 0.1) is 56.7 Å². The van der Waals surface area contributed by atoms with Gasteiger partial charge in [-0.1, -0.05) is 79.0 Å². The zero-order valence-electron chi connectivity index (χ0n) is 35.9. The number of rotatable bonds is 13. The molecule has 1 amide bonds. The van der Waals surface area contributed by atoms with Crippen LogP contribution < -0.4 is 5.32 Å². The fourth-order valence-corrected chi connectivity index (χ4v) is 14.1. The molecule has 0 spiro atoms. The van der Waals surface area contributed by atoms with E-state index in [4.69, 9.17) is 14.2 Å². The number of unbranched alkanes of at least 4 members (excludes halogenated alkanes) is 1. The highest BCUT2D eigenvalue weighted by Crippen LogP contribution is 2.77. The lowest BCUT2D eigenvalue weighted by atomic mass is 9.32. The molecule has 1 N–H and O–H groups in total. The average Bonchev–Trinajstić information content (AvgIpc) is 3.56. The maximum atomic E-state index is 14.7. The van der Waals surface area contributed by atoms with E-state index >= 15 is 0 Å². The topological polar surface area (TPSA) is 111 Å². The lowest BCUT2D eigenvalue weighted by Crippen LogP contribution is -2.66. The molecule has 0 heterocycles. The molecule has 9 atom stereocenters. The van der Waals surface area contributed by atoms with Gasteiger partial charge in [-0.2, -0.15) is 0 Å². The van der Waals surface area contributed by atoms with Crippen molar-refractivity contribution in [3.63, 3.8) is 0 Å². The largest absolute Gasteiger partial charge is 0.468 e. The Morgan fingerprint density at radius 2 is 1.46 bits per heavy atom. The van der Waals surface area contributed by atoms with Crippen LogP contribution >= 0.6 is 0 Å². The first-order valence-electron chi connectivity index (χ1n) is 21.6. The Morgan fingerprint density at radius 3 is 2.09 bits per heavy atom. The summed E-state index contributed by atoms with van der Waals surface area (Å²) in [6.07, 6.45) is 16.0. The van der Waals surface area contributed by atoms with Gasteiger partial charge in [0.25, 0.3) is 0 Å². The van der Waals surface area contributed by atoms with Gasteiger partial charge in [0.15, 0.2) is 0 Å². The number of carbonyl (C=O) groups excluding carboxylic acids is 4. The number of methoxy groups -OCH3 is 3. The predicted molar refractivity (Wildman–Crippen MR) is 218 cm³/mol. The number of fused-ring (bicyclic) bond motifs is 7. The van der Waals surface area contributed by atoms with Crippen LogP contribution in [-0.2, 0) is 28.6 Å². The van der Waals surface area contributed by atoms with Crippen LogP contribution in [0.5, 0.6) is 0 Å². The summed E-state index contributed by atoms with van der Waals surface area (Å²) in [7, 11) is 4.10. The molecule has 4 saturated carbocycles. The molecule has 1 aromatic rings. The van der Waals surface area contributed by atoms with Gasteiger partial charge in [-0.3, -0.25) is 19.3 Å². The number of allylic oxidation sites excluding steroid dienone is 2. The van der Waals surface area contributed by atoms with E-state index in [1.165, 1.54) is 77.4 Å². The highest BCUT2D eigenvalue weighted by Gasteiger charge is 2.71. The fourth-order valence-electron chi connectivity index (χ4n) is 14.1. The Hall–Kier alpha value is -3.20. The van der Waals surface area contributed by atoms with E-state index in [1.807, 2.05) is 12.1 Å². The van der Waals surface area contributed by atoms with Gasteiger partial charge in [0.1, 0.15) is 0 Å². The van der Waals surface area contributed by atoms with E-state index in [9.17, 15) is 19.2 Å². The minimum absolute atomic E-state index is 0.0152. The fraction of sp³-hybridized carbons (Fsp3) is 0.745. The summed E-state index contributed by atoms with van der Waals surface area (Å²) in [4.78, 5) is 52.8. The Balaban J connectivity index is 1.25. The third kappa shape index (κ3) is 7.04. The molecule has 56 heavy (non-hydrogen) atoms. The van der Waals surface area contributed by atoms with Crippen molar-refractivity contribution in [2.45, 2.75) is 119 Å². The first-order chi connectivity index (χ1) is 26.6. The maximum absolute atomic E-state index is 14.7. The van der Waals surface area contributed by atoms with Crippen molar-refractivity contribution in [2.24, 2.45) is 56.7 Å². The van der Waals surface area contributed by atoms with E-state index in [1.54, 1.807) is 4.90 Å². The second-order valence-corrected chi connectivity index (χ2v) is 19.5. The highest BCUT2D eigenvalue weighted by atomic mass is 16.5. The zero-order chi connectivity index (χ0) is 40.7. The number of benzene rings is 1. The molecular weight excluding hydrogens is 705 g/mol. The number of hydrogen-bond acceptors (Lipinski definition) is 8. The van der Waals surface area contributed by atoms with Gasteiger partial charge < -0.3 is 19.5 Å². The van der Waals surface area contributed by atoms with Gasteiger partial charge in [-0.25, -0.2) is 4.79 Å². The maximum Gasteiger partial charge on any atom is 0.337 e. The zero-order valence-corrected chi connectivity index (χ0v) is 35.9. The van der Waals surface area contributed by atoms with E-state index in [2.05, 4.69) is 65.1 Å². The van der Waals surface area contributed by atoms with Crippen LogP contribution in [0.2, 0.25) is 0 Å². The molecular formula is C47H70N2O7. The number of hydrogen-bond donors (Lipinski definition) is 1. The lowest BCUT2D eigenvalue weighted by Gasteiger charge is -2.72. The summed E-state index contributed by atoms with van der Waals surface area (Å²) >= 11 is 0. The monoisotopic (exact) mass is 775 g/mol. The number of esters is 3. The summed E-state index contributed by atoms with van der Waals surface area (Å²) < 4.78 is 14.7. The quantitative estimate of drug-likeness (QED) is 0.157. The van der Waals surface area contributed by atoms with Crippen molar-refractivity contribution in [1.82, 2.24) is 10.2 Å². The molecule has 5 aliphatic rings. The number of ether oxygens (including phenoxy) is 3. The van der Waals surface area contributed by atoms with E-state index in [0.717, 1.165) is 32.1 Å². The van der Waals surface area contributed by atoms with Gasteiger partial charge in [-0.15, -0.1) is 0 Å². The normalized spacial score (nSPS) is 35.5. The molecule has 5 aliphatic carbocycles. The minimum Gasteiger partial charge on any atom is -0.468 e. The Labute approximate surface area is 336 Å². The molecule has 0 saturated heterocycles. The second-order valence-electron chi connectivity index (χ2n) is 19.5. The third-order valence-electron chi connectivity index (χ3n) is 17.0. The molecule has 0 radical (unpaired) electrons. The van der Waals surface area contributed by atoms with E-state index < -0.39 is 11.9 Å². The van der Waals surface area contributed by atoms with Crippen LogP contribution in [0.1, 0.15) is 135 Å². The highest BCUT2D eigenvalue weighted by molar-refractivity contribution is 5.90. The first kappa shape index (κ1) is 42.4. The summed E-state index contributed by atoms with van der Waals surface area (Å²) in [5.74, 6) is 1.58. The van der Waals surface area contributed by atoms with E-state index in [0.29, 0.717) is 48.2 Å². The number of nitrogens with zero attached hydrogens (tertiary/aromatic N) is 1. The molecule has 0 aromatic heterocycles. The van der Waals surface area contributed by atoms with Crippen molar-refractivity contribution in [1.29, 1.82) is 0 Å². The van der Waals surface area contributed by atoms with Crippen molar-refractivity contribution >= 4 is 29.4 Å². The standard InChI is InChI=1S/C47H70N2O7/c1-10-11-12-32-19-24-47(42(53)48-27-28-49(29-38(50)54-7)30-39(51)55-8)26-25-45(5)35(40(32)47)17-18-37-44(4)22-20-34(31-13-15-33(16-14-31)41(52)56-9)43(2,3)36(44)21-23-46(37,45)6/h13-16,20,32,35-37,40H,10-12,17-19,21-30H2,1-9H3,(H,48,53). The van der Waals surface area contributed by atoms with Crippen molar-refractivity contribution in [3.8, 4) is 0 Å². The predicted octanol–water partition coefficient (Wildman–Crippen LogP) is 8.50. The van der Waals surface area contributed by atoms with Crippen molar-refractivity contribution < 1.29 is 33.4 Å². The molecule has 310 valence electrons. The second kappa shape index (κ2) is 16.2. The number of amides is 1.